The fourth-order valence-corrected chi connectivity index (χ4v) is 1.61. The molecule has 0 heterocycles. The summed E-state index contributed by atoms with van der Waals surface area (Å²) in [5.41, 5.74) is 0.975. The molecule has 0 fully saturated rings. The van der Waals surface area contributed by atoms with Crippen LogP contribution in [0.2, 0.25) is 0 Å². The van der Waals surface area contributed by atoms with Crippen molar-refractivity contribution in [1.29, 1.82) is 0 Å². The van der Waals surface area contributed by atoms with E-state index >= 15 is 0 Å². The van der Waals surface area contributed by atoms with Gasteiger partial charge in [-0.3, -0.25) is 4.79 Å². The van der Waals surface area contributed by atoms with Crippen LogP contribution in [0.4, 0.5) is 4.39 Å². The van der Waals surface area contributed by atoms with Crippen molar-refractivity contribution in [3.8, 4) is 0 Å². The molecular weight excluding hydrogens is 237 g/mol. The van der Waals surface area contributed by atoms with Crippen molar-refractivity contribution < 1.29 is 19.0 Å². The Morgan fingerprint density at radius 1 is 1.56 bits per heavy atom. The highest BCUT2D eigenvalue weighted by atomic mass is 19.1. The van der Waals surface area contributed by atoms with Crippen LogP contribution in [0.25, 0.3) is 0 Å². The van der Waals surface area contributed by atoms with Gasteiger partial charge in [-0.1, -0.05) is 0 Å². The zero-order valence-corrected chi connectivity index (χ0v) is 10.6. The number of aliphatic hydroxyl groups is 1. The van der Waals surface area contributed by atoms with Crippen molar-refractivity contribution in [3.05, 3.63) is 35.1 Å². The summed E-state index contributed by atoms with van der Waals surface area (Å²) in [5, 5.41) is 11.8. The van der Waals surface area contributed by atoms with Crippen molar-refractivity contribution in [2.45, 2.75) is 19.4 Å². The molecule has 1 aromatic rings. The van der Waals surface area contributed by atoms with E-state index in [1.54, 1.807) is 14.0 Å². The third-order valence-corrected chi connectivity index (χ3v) is 2.66. The molecule has 1 atom stereocenters. The van der Waals surface area contributed by atoms with E-state index in [2.05, 4.69) is 5.32 Å². The number of hydrogen-bond donors (Lipinski definition) is 2. The van der Waals surface area contributed by atoms with Crippen molar-refractivity contribution in [1.82, 2.24) is 5.32 Å². The van der Waals surface area contributed by atoms with Gasteiger partial charge in [0.2, 0.25) is 0 Å². The number of halogens is 1. The number of nitrogens with one attached hydrogen (secondary N) is 1. The molecule has 0 saturated carbocycles. The van der Waals surface area contributed by atoms with Gasteiger partial charge in [0, 0.05) is 19.3 Å². The van der Waals surface area contributed by atoms with E-state index in [4.69, 9.17) is 9.84 Å². The first-order valence-corrected chi connectivity index (χ1v) is 5.75. The van der Waals surface area contributed by atoms with Crippen LogP contribution in [-0.2, 0) is 4.74 Å². The molecule has 1 rings (SSSR count). The Morgan fingerprint density at radius 3 is 2.83 bits per heavy atom. The zero-order valence-electron chi connectivity index (χ0n) is 10.6. The lowest BCUT2D eigenvalue weighted by atomic mass is 10.1. The fraction of sp³-hybridized carbons (Fsp3) is 0.462. The summed E-state index contributed by atoms with van der Waals surface area (Å²) in [6.45, 7) is 1.96. The highest BCUT2D eigenvalue weighted by Crippen LogP contribution is 2.10. The van der Waals surface area contributed by atoms with Gasteiger partial charge in [0.15, 0.2) is 0 Å². The Kier molecular flexibility index (Phi) is 5.74. The highest BCUT2D eigenvalue weighted by molar-refractivity contribution is 5.95. The molecule has 0 aliphatic rings. The number of benzene rings is 1. The quantitative estimate of drug-likeness (QED) is 0.804. The second-order valence-electron chi connectivity index (χ2n) is 4.09. The largest absolute Gasteiger partial charge is 0.394 e. The lowest BCUT2D eigenvalue weighted by Gasteiger charge is -2.16. The molecule has 0 radical (unpaired) electrons. The number of aryl methyl sites for hydroxylation is 1. The number of ether oxygens (including phenoxy) is 1. The molecule has 0 aliphatic carbocycles. The maximum Gasteiger partial charge on any atom is 0.251 e. The Labute approximate surface area is 106 Å². The molecular formula is C13H18FNO3. The number of amides is 1. The summed E-state index contributed by atoms with van der Waals surface area (Å²) in [6.07, 6.45) is 0.527. The zero-order chi connectivity index (χ0) is 13.5. The van der Waals surface area contributed by atoms with E-state index in [1.165, 1.54) is 18.2 Å². The van der Waals surface area contributed by atoms with Crippen molar-refractivity contribution in [3.63, 3.8) is 0 Å². The number of carbonyl (C=O) groups excluding carboxylic acids is 1. The second-order valence-corrected chi connectivity index (χ2v) is 4.09. The minimum atomic E-state index is -0.373. The lowest BCUT2D eigenvalue weighted by molar-refractivity contribution is 0.0894. The Balaban J connectivity index is 2.68. The third kappa shape index (κ3) is 4.09. The summed E-state index contributed by atoms with van der Waals surface area (Å²) < 4.78 is 17.8. The molecule has 4 nitrogen and oxygen atoms in total. The monoisotopic (exact) mass is 255 g/mol. The van der Waals surface area contributed by atoms with Crippen LogP contribution in [0.1, 0.15) is 22.3 Å². The predicted molar refractivity (Wildman–Crippen MR) is 66.0 cm³/mol. The molecule has 18 heavy (non-hydrogen) atoms. The van der Waals surface area contributed by atoms with Crippen molar-refractivity contribution >= 4 is 5.91 Å². The van der Waals surface area contributed by atoms with Crippen LogP contribution >= 0.6 is 0 Å². The molecule has 0 saturated heterocycles. The SMILES string of the molecule is COCCC(CO)NC(=O)c1ccc(F)cc1C. The van der Waals surface area contributed by atoms with Crippen LogP contribution in [0.3, 0.4) is 0 Å². The van der Waals surface area contributed by atoms with Crippen LogP contribution in [0.5, 0.6) is 0 Å². The van der Waals surface area contributed by atoms with E-state index in [1.807, 2.05) is 0 Å². The number of hydrogen-bond acceptors (Lipinski definition) is 3. The first-order valence-electron chi connectivity index (χ1n) is 5.75. The first kappa shape index (κ1) is 14.6. The summed E-state index contributed by atoms with van der Waals surface area (Å²) in [4.78, 5) is 11.9. The topological polar surface area (TPSA) is 58.6 Å². The molecule has 0 aromatic heterocycles. The molecule has 100 valence electrons. The van der Waals surface area contributed by atoms with E-state index in [9.17, 15) is 9.18 Å². The number of rotatable bonds is 6. The summed E-state index contributed by atoms with van der Waals surface area (Å²) in [5.74, 6) is -0.690. The second kappa shape index (κ2) is 7.08. The van der Waals surface area contributed by atoms with Crippen molar-refractivity contribution in [2.75, 3.05) is 20.3 Å². The lowest BCUT2D eigenvalue weighted by Crippen LogP contribution is -2.38. The summed E-state index contributed by atoms with van der Waals surface area (Å²) >= 11 is 0. The summed E-state index contributed by atoms with van der Waals surface area (Å²) in [7, 11) is 1.56. The van der Waals surface area contributed by atoms with E-state index in [0.717, 1.165) is 0 Å². The fourth-order valence-electron chi connectivity index (χ4n) is 1.61. The Hall–Kier alpha value is -1.46. The molecule has 1 amide bonds. The van der Waals surface area contributed by atoms with Gasteiger partial charge in [-0.2, -0.15) is 0 Å². The first-order chi connectivity index (χ1) is 8.58. The van der Waals surface area contributed by atoms with E-state index in [0.29, 0.717) is 24.2 Å². The van der Waals surface area contributed by atoms with Gasteiger partial charge in [-0.15, -0.1) is 0 Å². The summed E-state index contributed by atoms with van der Waals surface area (Å²) in [6, 6.07) is 3.62. The Bertz CT molecular complexity index is 409. The van der Waals surface area contributed by atoms with E-state index < -0.39 is 0 Å². The molecule has 2 N–H and O–H groups in total. The third-order valence-electron chi connectivity index (χ3n) is 2.66. The maximum atomic E-state index is 12.9. The predicted octanol–water partition coefficient (Wildman–Crippen LogP) is 1.26. The van der Waals surface area contributed by atoms with Gasteiger partial charge in [0.1, 0.15) is 5.82 Å². The van der Waals surface area contributed by atoms with Crippen LogP contribution in [0, 0.1) is 12.7 Å². The number of carbonyl (C=O) groups is 1. The molecule has 5 heteroatoms. The van der Waals surface area contributed by atoms with Crippen LogP contribution in [-0.4, -0.2) is 37.4 Å². The minimum Gasteiger partial charge on any atom is -0.394 e. The van der Waals surface area contributed by atoms with Crippen LogP contribution in [0.15, 0.2) is 18.2 Å². The van der Waals surface area contributed by atoms with Gasteiger partial charge in [-0.05, 0) is 37.1 Å². The standard InChI is InChI=1S/C13H18FNO3/c1-9-7-10(14)3-4-12(9)13(17)15-11(8-16)5-6-18-2/h3-4,7,11,16H,5-6,8H2,1-2H3,(H,15,17). The Morgan fingerprint density at radius 2 is 2.28 bits per heavy atom. The normalized spacial score (nSPS) is 12.2. The van der Waals surface area contributed by atoms with E-state index in [-0.39, 0.29) is 24.4 Å². The molecule has 0 bridgehead atoms. The van der Waals surface area contributed by atoms with Gasteiger partial charge in [0.25, 0.3) is 5.91 Å². The maximum absolute atomic E-state index is 12.9. The molecule has 1 unspecified atom stereocenters. The van der Waals surface area contributed by atoms with Gasteiger partial charge in [0.05, 0.1) is 12.6 Å². The smallest absolute Gasteiger partial charge is 0.251 e. The van der Waals surface area contributed by atoms with Gasteiger partial charge < -0.3 is 15.2 Å². The highest BCUT2D eigenvalue weighted by Gasteiger charge is 2.14. The van der Waals surface area contributed by atoms with Gasteiger partial charge in [-0.25, -0.2) is 4.39 Å². The molecule has 0 spiro atoms. The average molecular weight is 255 g/mol. The molecule has 1 aromatic carbocycles. The number of methoxy groups -OCH3 is 1. The minimum absolute atomic E-state index is 0.157. The van der Waals surface area contributed by atoms with Crippen molar-refractivity contribution in [2.24, 2.45) is 0 Å². The molecule has 0 aliphatic heterocycles. The van der Waals surface area contributed by atoms with Gasteiger partial charge >= 0.3 is 0 Å². The van der Waals surface area contributed by atoms with Crippen LogP contribution < -0.4 is 5.32 Å². The average Bonchev–Trinajstić information content (AvgIpc) is 2.34. The number of aliphatic hydroxyl groups excluding tert-OH is 1.